The summed E-state index contributed by atoms with van der Waals surface area (Å²) in [4.78, 5) is 0. The van der Waals surface area contributed by atoms with Crippen molar-refractivity contribution in [2.75, 3.05) is 0 Å². The third-order valence-corrected chi connectivity index (χ3v) is 15.5. The molecule has 0 bridgehead atoms. The van der Waals surface area contributed by atoms with Crippen molar-refractivity contribution in [1.82, 2.24) is 0 Å². The molecule has 0 heterocycles. The van der Waals surface area contributed by atoms with Gasteiger partial charge in [0.15, 0.2) is 0 Å². The molecule has 0 aliphatic heterocycles. The topological polar surface area (TPSA) is 0 Å². The Bertz CT molecular complexity index is 1440. The van der Waals surface area contributed by atoms with Crippen molar-refractivity contribution in [3.05, 3.63) is 166 Å². The Hall–Kier alpha value is -1.96. The van der Waals surface area contributed by atoms with E-state index in [1.807, 2.05) is 0 Å². The first-order valence-corrected chi connectivity index (χ1v) is 22.2. The molecular weight excluding hydrogens is 671 g/mol. The van der Waals surface area contributed by atoms with Gasteiger partial charge >= 0.3 is 63.0 Å². The first-order valence-electron chi connectivity index (χ1n) is 15.5. The van der Waals surface area contributed by atoms with Crippen molar-refractivity contribution >= 4 is 28.6 Å². The number of rotatable bonds is 5. The molecule has 0 aromatic heterocycles. The van der Waals surface area contributed by atoms with Gasteiger partial charge in [0.1, 0.15) is 0 Å². The minimum absolute atomic E-state index is 0.0619. The van der Waals surface area contributed by atoms with Crippen LogP contribution in [-0.2, 0) is 23.3 Å². The van der Waals surface area contributed by atoms with E-state index in [0.717, 1.165) is 12.8 Å². The Morgan fingerprint density at radius 2 is 1.05 bits per heavy atom. The monoisotopic (exact) mass is 710 g/mol. The molecule has 0 nitrogen and oxygen atoms in total. The molecule has 0 radical (unpaired) electrons. The molecule has 0 saturated carbocycles. The first kappa shape index (κ1) is 34.9. The van der Waals surface area contributed by atoms with Crippen molar-refractivity contribution in [2.45, 2.75) is 63.4 Å². The van der Waals surface area contributed by atoms with Crippen LogP contribution >= 0.6 is 23.2 Å². The fraction of sp³-hybridized carbons (Fsp3) is 0.300. The standard InChI is InChI=1S/2C19H19.C2H4Cl2Si.Zr/c2*1-14(2)17-12-16-10-6-7-11-18(19(16)13-17)15-8-4-3-5-9-15;1-5-2(3)4;/h2*3-10,13-14,18H,11H2,1-2H3;2H,1H3;/q2*-1;;+2. The molecule has 0 spiro atoms. The molecule has 0 N–H and O–H groups in total. The molecule has 0 fully saturated rings. The maximum absolute atomic E-state index is 5.45. The molecule has 2 aromatic carbocycles. The van der Waals surface area contributed by atoms with Gasteiger partial charge in [0, 0.05) is 0 Å². The summed E-state index contributed by atoms with van der Waals surface area (Å²) in [6.07, 6.45) is 27.2. The zero-order valence-electron chi connectivity index (χ0n) is 26.4. The molecule has 4 aliphatic rings. The summed E-state index contributed by atoms with van der Waals surface area (Å²) in [5.41, 5.74) is 10.5. The molecule has 0 amide bonds. The van der Waals surface area contributed by atoms with E-state index in [9.17, 15) is 0 Å². The van der Waals surface area contributed by atoms with E-state index in [0.29, 0.717) is 23.7 Å². The van der Waals surface area contributed by atoms with E-state index < -0.39 is 0 Å². The van der Waals surface area contributed by atoms with Crippen molar-refractivity contribution in [3.63, 3.8) is 0 Å². The molecule has 4 heteroatoms. The van der Waals surface area contributed by atoms with Gasteiger partial charge in [-0.15, -0.1) is 47.6 Å². The van der Waals surface area contributed by atoms with Gasteiger partial charge in [0.2, 0.25) is 0 Å². The van der Waals surface area contributed by atoms with Gasteiger partial charge in [-0.2, -0.15) is 34.4 Å². The second-order valence-corrected chi connectivity index (χ2v) is 21.7. The molecular formula is C40H42Cl2SiZr. The quantitative estimate of drug-likeness (QED) is 0.164. The van der Waals surface area contributed by atoms with E-state index in [-0.39, 0.29) is 9.89 Å². The Morgan fingerprint density at radius 3 is 1.36 bits per heavy atom. The first-order chi connectivity index (χ1) is 21.2. The normalized spacial score (nSPS) is 20.0. The zero-order chi connectivity index (χ0) is 31.6. The van der Waals surface area contributed by atoms with Crippen LogP contribution in [-0.4, -0.2) is 9.89 Å². The fourth-order valence-corrected chi connectivity index (χ4v) is 5.51. The van der Waals surface area contributed by atoms with Crippen molar-refractivity contribution < 1.29 is 23.3 Å². The molecule has 2 atom stereocenters. The van der Waals surface area contributed by atoms with Gasteiger partial charge in [-0.3, -0.25) is 0 Å². The van der Waals surface area contributed by atoms with Gasteiger partial charge in [0.25, 0.3) is 0 Å². The molecule has 0 saturated heterocycles. The average Bonchev–Trinajstić information content (AvgIpc) is 3.52. The number of benzene rings is 2. The molecule has 4 aliphatic carbocycles. The molecule has 2 aromatic rings. The summed E-state index contributed by atoms with van der Waals surface area (Å²) in [5.74, 6) is 2.02. The van der Waals surface area contributed by atoms with E-state index in [2.05, 4.69) is 156 Å². The van der Waals surface area contributed by atoms with Crippen LogP contribution < -0.4 is 0 Å². The van der Waals surface area contributed by atoms with Crippen molar-refractivity contribution in [2.24, 2.45) is 11.8 Å². The van der Waals surface area contributed by atoms with Crippen LogP contribution in [0.2, 0.25) is 6.55 Å². The van der Waals surface area contributed by atoms with E-state index in [1.54, 1.807) is 0 Å². The van der Waals surface area contributed by atoms with Crippen molar-refractivity contribution in [1.29, 1.82) is 0 Å². The summed E-state index contributed by atoms with van der Waals surface area (Å²) in [6.45, 7) is 11.1. The molecule has 224 valence electrons. The molecule has 2 unspecified atom stereocenters. The van der Waals surface area contributed by atoms with Crippen LogP contribution in [0.4, 0.5) is 0 Å². The second-order valence-electron chi connectivity index (χ2n) is 12.1. The summed E-state index contributed by atoms with van der Waals surface area (Å²) in [5, 5.41) is 0. The Balaban J connectivity index is 0.000000170. The third kappa shape index (κ3) is 9.53. The minimum atomic E-state index is -0.331. The SMILES string of the molecule is CC(C)C1=[C-]C2=CC=CCC(c3ccccc3)C2=C1.CC(C)C1=[C-]C2=CC=CCC(c3ccccc3)C2=C1.C[Si](=[Zr+2])C(Cl)Cl. The summed E-state index contributed by atoms with van der Waals surface area (Å²) >= 11 is 12.4. The van der Waals surface area contributed by atoms with Gasteiger partial charge in [-0.05, 0) is 47.6 Å². The predicted molar refractivity (Wildman–Crippen MR) is 189 cm³/mol. The summed E-state index contributed by atoms with van der Waals surface area (Å²) < 4.78 is -0.0619. The fourth-order valence-electron chi connectivity index (χ4n) is 5.51. The van der Waals surface area contributed by atoms with Crippen LogP contribution in [0.3, 0.4) is 0 Å². The number of hydrogen-bond donors (Lipinski definition) is 0. The van der Waals surface area contributed by atoms with Crippen LogP contribution in [0.25, 0.3) is 0 Å². The van der Waals surface area contributed by atoms with Gasteiger partial charge < -0.3 is 0 Å². The van der Waals surface area contributed by atoms with Crippen LogP contribution in [0, 0.1) is 24.0 Å². The van der Waals surface area contributed by atoms with Gasteiger partial charge in [-0.1, -0.05) is 101 Å². The average molecular weight is 713 g/mol. The van der Waals surface area contributed by atoms with Gasteiger partial charge in [-0.25, -0.2) is 0 Å². The van der Waals surface area contributed by atoms with Crippen LogP contribution in [0.5, 0.6) is 0 Å². The van der Waals surface area contributed by atoms with Gasteiger partial charge in [0.05, 0.1) is 0 Å². The zero-order valence-corrected chi connectivity index (χ0v) is 31.4. The van der Waals surface area contributed by atoms with E-state index >= 15 is 0 Å². The maximum atomic E-state index is 5.45. The number of halogens is 2. The number of alkyl halides is 2. The number of hydrogen-bond acceptors (Lipinski definition) is 0. The molecule has 6 rings (SSSR count). The van der Waals surface area contributed by atoms with Crippen LogP contribution in [0.1, 0.15) is 63.5 Å². The van der Waals surface area contributed by atoms with E-state index in [1.165, 1.54) is 67.9 Å². The number of allylic oxidation sites excluding steroid dienone is 16. The third-order valence-electron chi connectivity index (χ3n) is 8.07. The summed E-state index contributed by atoms with van der Waals surface area (Å²) in [6, 6.07) is 21.6. The van der Waals surface area contributed by atoms with Crippen molar-refractivity contribution in [3.8, 4) is 0 Å². The second kappa shape index (κ2) is 17.1. The predicted octanol–water partition coefficient (Wildman–Crippen LogP) is 11.5. The summed E-state index contributed by atoms with van der Waals surface area (Å²) in [7, 11) is 0. The Kier molecular flexibility index (Phi) is 13.6. The van der Waals surface area contributed by atoms with E-state index in [4.69, 9.17) is 23.2 Å². The van der Waals surface area contributed by atoms with Crippen LogP contribution in [0.15, 0.2) is 143 Å². The Morgan fingerprint density at radius 1 is 0.682 bits per heavy atom. The molecule has 44 heavy (non-hydrogen) atoms. The Labute approximate surface area is 291 Å². The number of fused-ring (bicyclic) bond motifs is 2.